The monoisotopic (exact) mass is 143 g/mol. The molecule has 0 spiro atoms. The summed E-state index contributed by atoms with van der Waals surface area (Å²) in [7, 11) is 0. The molecule has 0 aliphatic heterocycles. The third-order valence-corrected chi connectivity index (χ3v) is 1.35. The molecule has 0 amide bonds. The average molecular weight is 143 g/mol. The summed E-state index contributed by atoms with van der Waals surface area (Å²) in [5.41, 5.74) is 0. The summed E-state index contributed by atoms with van der Waals surface area (Å²) >= 11 is 0. The van der Waals surface area contributed by atoms with Crippen LogP contribution in [0.2, 0.25) is 0 Å². The lowest BCUT2D eigenvalue weighted by Crippen LogP contribution is -2.15. The highest BCUT2D eigenvalue weighted by Gasteiger charge is 1.87. The molecular weight excluding hydrogens is 126 g/mol. The summed E-state index contributed by atoms with van der Waals surface area (Å²) in [6.07, 6.45) is 3.72. The van der Waals surface area contributed by atoms with Crippen LogP contribution in [0.25, 0.3) is 0 Å². The number of ether oxygens (including phenoxy) is 1. The van der Waals surface area contributed by atoms with Crippen LogP contribution >= 0.6 is 0 Å². The SMILES string of the molecule is CCOC=CN(CC)CC. The van der Waals surface area contributed by atoms with E-state index in [4.69, 9.17) is 4.74 Å². The molecule has 0 bridgehead atoms. The fraction of sp³-hybridized carbons (Fsp3) is 0.750. The van der Waals surface area contributed by atoms with Gasteiger partial charge in [-0.05, 0) is 20.8 Å². The fourth-order valence-corrected chi connectivity index (χ4v) is 0.660. The fourth-order valence-electron chi connectivity index (χ4n) is 0.660. The molecule has 0 fully saturated rings. The highest BCUT2D eigenvalue weighted by molar-refractivity contribution is 4.73. The van der Waals surface area contributed by atoms with Gasteiger partial charge in [0.05, 0.1) is 12.9 Å². The van der Waals surface area contributed by atoms with Gasteiger partial charge in [0, 0.05) is 19.3 Å². The predicted molar refractivity (Wildman–Crippen MR) is 43.7 cm³/mol. The van der Waals surface area contributed by atoms with E-state index in [9.17, 15) is 0 Å². The van der Waals surface area contributed by atoms with Crippen molar-refractivity contribution >= 4 is 0 Å². The van der Waals surface area contributed by atoms with Crippen molar-refractivity contribution in [3.63, 3.8) is 0 Å². The predicted octanol–water partition coefficient (Wildman–Crippen LogP) is 1.84. The first-order valence-electron chi connectivity index (χ1n) is 3.87. The Balaban J connectivity index is 3.40. The average Bonchev–Trinajstić information content (AvgIpc) is 1.99. The summed E-state index contributed by atoms with van der Waals surface area (Å²) < 4.78 is 5.05. The lowest BCUT2D eigenvalue weighted by Gasteiger charge is -2.13. The maximum Gasteiger partial charge on any atom is 0.0987 e. The van der Waals surface area contributed by atoms with Gasteiger partial charge in [0.2, 0.25) is 0 Å². The highest BCUT2D eigenvalue weighted by atomic mass is 16.5. The van der Waals surface area contributed by atoms with Crippen molar-refractivity contribution in [1.82, 2.24) is 4.90 Å². The molecule has 0 aliphatic carbocycles. The van der Waals surface area contributed by atoms with Gasteiger partial charge in [-0.3, -0.25) is 0 Å². The van der Waals surface area contributed by atoms with E-state index in [2.05, 4.69) is 18.7 Å². The minimum absolute atomic E-state index is 0.748. The second-order valence-corrected chi connectivity index (χ2v) is 1.96. The lowest BCUT2D eigenvalue weighted by atomic mass is 10.5. The normalized spacial score (nSPS) is 10.3. The van der Waals surface area contributed by atoms with Crippen LogP contribution < -0.4 is 0 Å². The molecule has 0 aromatic heterocycles. The highest BCUT2D eigenvalue weighted by Crippen LogP contribution is 1.88. The zero-order valence-electron chi connectivity index (χ0n) is 7.13. The van der Waals surface area contributed by atoms with E-state index in [1.807, 2.05) is 13.1 Å². The van der Waals surface area contributed by atoms with Gasteiger partial charge in [0.25, 0.3) is 0 Å². The van der Waals surface area contributed by atoms with E-state index in [0.29, 0.717) is 0 Å². The lowest BCUT2D eigenvalue weighted by molar-refractivity contribution is 0.258. The van der Waals surface area contributed by atoms with Crippen molar-refractivity contribution < 1.29 is 4.74 Å². The maximum absolute atomic E-state index is 5.05. The molecule has 2 heteroatoms. The second kappa shape index (κ2) is 6.46. The molecule has 0 rings (SSSR count). The summed E-state index contributed by atoms with van der Waals surface area (Å²) in [5, 5.41) is 0. The van der Waals surface area contributed by atoms with Crippen LogP contribution in [-0.2, 0) is 4.74 Å². The Hall–Kier alpha value is -0.660. The molecule has 0 N–H and O–H groups in total. The third-order valence-electron chi connectivity index (χ3n) is 1.35. The zero-order valence-corrected chi connectivity index (χ0v) is 7.13. The first kappa shape index (κ1) is 9.34. The van der Waals surface area contributed by atoms with E-state index in [1.54, 1.807) is 6.26 Å². The Morgan fingerprint density at radius 2 is 1.80 bits per heavy atom. The van der Waals surface area contributed by atoms with E-state index >= 15 is 0 Å². The molecule has 0 aromatic rings. The number of rotatable bonds is 5. The Kier molecular flexibility index (Phi) is 6.03. The number of nitrogens with zero attached hydrogens (tertiary/aromatic N) is 1. The molecule has 0 saturated carbocycles. The Bertz CT molecular complexity index is 87.3. The molecule has 0 radical (unpaired) electrons. The van der Waals surface area contributed by atoms with Crippen molar-refractivity contribution in [3.05, 3.63) is 12.5 Å². The van der Waals surface area contributed by atoms with Crippen LogP contribution in [0.1, 0.15) is 20.8 Å². The zero-order chi connectivity index (χ0) is 7.82. The molecule has 60 valence electrons. The summed E-state index contributed by atoms with van der Waals surface area (Å²) in [5.74, 6) is 0. The van der Waals surface area contributed by atoms with Gasteiger partial charge in [-0.15, -0.1) is 0 Å². The molecule has 0 unspecified atom stereocenters. The van der Waals surface area contributed by atoms with Gasteiger partial charge >= 0.3 is 0 Å². The van der Waals surface area contributed by atoms with E-state index in [0.717, 1.165) is 19.7 Å². The molecule has 0 saturated heterocycles. The molecule has 0 heterocycles. The first-order chi connectivity index (χ1) is 4.85. The molecular formula is C8H17NO. The topological polar surface area (TPSA) is 12.5 Å². The molecule has 0 atom stereocenters. The molecule has 0 aromatic carbocycles. The maximum atomic E-state index is 5.05. The molecule has 10 heavy (non-hydrogen) atoms. The smallest absolute Gasteiger partial charge is 0.0987 e. The van der Waals surface area contributed by atoms with Gasteiger partial charge in [-0.25, -0.2) is 0 Å². The Labute approximate surface area is 63.5 Å². The summed E-state index contributed by atoms with van der Waals surface area (Å²) in [6, 6.07) is 0. The minimum Gasteiger partial charge on any atom is -0.500 e. The van der Waals surface area contributed by atoms with E-state index in [-0.39, 0.29) is 0 Å². The second-order valence-electron chi connectivity index (χ2n) is 1.96. The number of hydrogen-bond acceptors (Lipinski definition) is 2. The van der Waals surface area contributed by atoms with Crippen LogP contribution in [0.5, 0.6) is 0 Å². The largest absolute Gasteiger partial charge is 0.500 e. The van der Waals surface area contributed by atoms with Gasteiger partial charge in [-0.1, -0.05) is 0 Å². The van der Waals surface area contributed by atoms with Gasteiger partial charge < -0.3 is 9.64 Å². The van der Waals surface area contributed by atoms with Crippen molar-refractivity contribution in [2.45, 2.75) is 20.8 Å². The summed E-state index contributed by atoms with van der Waals surface area (Å²) in [6.45, 7) is 9.06. The van der Waals surface area contributed by atoms with Crippen LogP contribution in [0.4, 0.5) is 0 Å². The van der Waals surface area contributed by atoms with Crippen LogP contribution in [0.3, 0.4) is 0 Å². The Morgan fingerprint density at radius 3 is 2.20 bits per heavy atom. The number of hydrogen-bond donors (Lipinski definition) is 0. The van der Waals surface area contributed by atoms with E-state index < -0.39 is 0 Å². The van der Waals surface area contributed by atoms with Gasteiger partial charge in [-0.2, -0.15) is 0 Å². The van der Waals surface area contributed by atoms with Crippen molar-refractivity contribution in [1.29, 1.82) is 0 Å². The van der Waals surface area contributed by atoms with E-state index in [1.165, 1.54) is 0 Å². The van der Waals surface area contributed by atoms with Crippen molar-refractivity contribution in [2.75, 3.05) is 19.7 Å². The Morgan fingerprint density at radius 1 is 1.20 bits per heavy atom. The van der Waals surface area contributed by atoms with Gasteiger partial charge in [0.1, 0.15) is 0 Å². The van der Waals surface area contributed by atoms with Gasteiger partial charge in [0.15, 0.2) is 0 Å². The quantitative estimate of drug-likeness (QED) is 0.544. The first-order valence-corrected chi connectivity index (χ1v) is 3.87. The van der Waals surface area contributed by atoms with Crippen LogP contribution in [-0.4, -0.2) is 24.6 Å². The minimum atomic E-state index is 0.748. The summed E-state index contributed by atoms with van der Waals surface area (Å²) in [4.78, 5) is 2.18. The molecule has 0 aliphatic rings. The van der Waals surface area contributed by atoms with Crippen molar-refractivity contribution in [2.24, 2.45) is 0 Å². The standard InChI is InChI=1S/C8H17NO/c1-4-9(5-2)7-8-10-6-3/h7-8H,4-6H2,1-3H3. The van der Waals surface area contributed by atoms with Crippen LogP contribution in [0, 0.1) is 0 Å². The van der Waals surface area contributed by atoms with Crippen molar-refractivity contribution in [3.8, 4) is 0 Å². The van der Waals surface area contributed by atoms with Crippen LogP contribution in [0.15, 0.2) is 12.5 Å². The molecule has 2 nitrogen and oxygen atoms in total. The third kappa shape index (κ3) is 4.24.